The molecule has 0 radical (unpaired) electrons. The first-order chi connectivity index (χ1) is 9.40. The summed E-state index contributed by atoms with van der Waals surface area (Å²) >= 11 is 0. The van der Waals surface area contributed by atoms with Crippen LogP contribution in [-0.4, -0.2) is 17.0 Å². The number of nitrogen functional groups attached to an aromatic ring is 1. The van der Waals surface area contributed by atoms with E-state index >= 15 is 0 Å². The largest absolute Gasteiger partial charge is 0.383 e. The van der Waals surface area contributed by atoms with Crippen LogP contribution in [0.4, 0.5) is 21.7 Å². The topological polar surface area (TPSA) is 55.0 Å². The van der Waals surface area contributed by atoms with Gasteiger partial charge in [-0.1, -0.05) is 13.8 Å². The molecule has 4 nitrogen and oxygen atoms in total. The van der Waals surface area contributed by atoms with Crippen LogP contribution in [0.25, 0.3) is 0 Å². The number of rotatable bonds is 3. The monoisotopic (exact) mass is 274 g/mol. The molecule has 20 heavy (non-hydrogen) atoms. The molecule has 1 heterocycles. The van der Waals surface area contributed by atoms with E-state index in [1.807, 2.05) is 32.7 Å². The Hall–Kier alpha value is -2.17. The first-order valence-electron chi connectivity index (χ1n) is 6.53. The zero-order valence-electron chi connectivity index (χ0n) is 12.2. The summed E-state index contributed by atoms with van der Waals surface area (Å²) in [4.78, 5) is 10.8. The number of nitrogens with zero attached hydrogens (tertiary/aromatic N) is 3. The zero-order chi connectivity index (χ0) is 14.9. The smallest absolute Gasteiger partial charge is 0.141 e. The van der Waals surface area contributed by atoms with E-state index in [2.05, 4.69) is 9.97 Å². The summed E-state index contributed by atoms with van der Waals surface area (Å²) in [5.41, 5.74) is 7.63. The van der Waals surface area contributed by atoms with Gasteiger partial charge in [-0.3, -0.25) is 0 Å². The third-order valence-electron chi connectivity index (χ3n) is 3.22. The molecule has 0 aliphatic carbocycles. The highest BCUT2D eigenvalue weighted by Crippen LogP contribution is 2.28. The van der Waals surface area contributed by atoms with Crippen molar-refractivity contribution in [2.45, 2.75) is 26.7 Å². The summed E-state index contributed by atoms with van der Waals surface area (Å²) < 4.78 is 13.0. The molecule has 0 aliphatic heterocycles. The van der Waals surface area contributed by atoms with Crippen molar-refractivity contribution in [1.82, 2.24) is 9.97 Å². The van der Waals surface area contributed by atoms with Crippen LogP contribution in [0.5, 0.6) is 0 Å². The minimum absolute atomic E-state index is 0.193. The second-order valence-corrected chi connectivity index (χ2v) is 5.11. The molecule has 5 heteroatoms. The molecule has 0 unspecified atom stereocenters. The van der Waals surface area contributed by atoms with Crippen molar-refractivity contribution < 1.29 is 4.39 Å². The summed E-state index contributed by atoms with van der Waals surface area (Å²) in [5, 5.41) is 0. The Kier molecular flexibility index (Phi) is 3.88. The number of hydrogen-bond donors (Lipinski definition) is 1. The zero-order valence-corrected chi connectivity index (χ0v) is 12.2. The second-order valence-electron chi connectivity index (χ2n) is 5.11. The normalized spacial score (nSPS) is 10.9. The van der Waals surface area contributed by atoms with Crippen molar-refractivity contribution in [2.24, 2.45) is 0 Å². The fourth-order valence-electron chi connectivity index (χ4n) is 1.91. The van der Waals surface area contributed by atoms with Crippen molar-refractivity contribution in [3.63, 3.8) is 0 Å². The summed E-state index contributed by atoms with van der Waals surface area (Å²) in [5.74, 6) is 1.86. The van der Waals surface area contributed by atoms with Gasteiger partial charge in [-0.2, -0.15) is 0 Å². The van der Waals surface area contributed by atoms with E-state index in [1.54, 1.807) is 12.1 Å². The Balaban J connectivity index is 2.48. The van der Waals surface area contributed by atoms with Gasteiger partial charge < -0.3 is 10.6 Å². The average molecular weight is 274 g/mol. The highest BCUT2D eigenvalue weighted by atomic mass is 19.1. The van der Waals surface area contributed by atoms with Gasteiger partial charge in [0.1, 0.15) is 23.3 Å². The Morgan fingerprint density at radius 2 is 1.75 bits per heavy atom. The molecule has 2 rings (SSSR count). The van der Waals surface area contributed by atoms with Gasteiger partial charge in [0.15, 0.2) is 0 Å². The van der Waals surface area contributed by atoms with Gasteiger partial charge in [-0.25, -0.2) is 14.4 Å². The number of anilines is 3. The number of nitrogens with two attached hydrogens (primary N) is 1. The number of hydrogen-bond acceptors (Lipinski definition) is 4. The van der Waals surface area contributed by atoms with Gasteiger partial charge in [-0.15, -0.1) is 0 Å². The van der Waals surface area contributed by atoms with Gasteiger partial charge >= 0.3 is 0 Å². The fourth-order valence-corrected chi connectivity index (χ4v) is 1.91. The highest BCUT2D eigenvalue weighted by molar-refractivity contribution is 5.65. The van der Waals surface area contributed by atoms with Crippen LogP contribution in [0.3, 0.4) is 0 Å². The van der Waals surface area contributed by atoms with Gasteiger partial charge in [0, 0.05) is 24.2 Å². The number of halogens is 1. The molecule has 2 N–H and O–H groups in total. The molecule has 0 spiro atoms. The Bertz CT molecular complexity index is 608. The molecule has 0 saturated heterocycles. The van der Waals surface area contributed by atoms with Crippen LogP contribution in [0.1, 0.15) is 31.2 Å². The quantitative estimate of drug-likeness (QED) is 0.932. The molecular weight excluding hydrogens is 255 g/mol. The lowest BCUT2D eigenvalue weighted by Crippen LogP contribution is -2.16. The van der Waals surface area contributed by atoms with E-state index in [1.165, 1.54) is 12.1 Å². The first kappa shape index (κ1) is 14.2. The Morgan fingerprint density at radius 1 is 1.15 bits per heavy atom. The van der Waals surface area contributed by atoms with Crippen LogP contribution in [0.15, 0.2) is 24.3 Å². The van der Waals surface area contributed by atoms with E-state index in [9.17, 15) is 4.39 Å². The minimum atomic E-state index is -0.260. The first-order valence-corrected chi connectivity index (χ1v) is 6.53. The van der Waals surface area contributed by atoms with Gasteiger partial charge in [-0.05, 0) is 31.2 Å². The Labute approximate surface area is 118 Å². The lowest BCUT2D eigenvalue weighted by atomic mass is 10.2. The molecule has 0 bridgehead atoms. The molecule has 0 amide bonds. The minimum Gasteiger partial charge on any atom is -0.383 e. The lowest BCUT2D eigenvalue weighted by molar-refractivity contribution is 0.628. The van der Waals surface area contributed by atoms with Crippen LogP contribution < -0.4 is 10.6 Å². The van der Waals surface area contributed by atoms with E-state index in [-0.39, 0.29) is 11.7 Å². The molecule has 1 aromatic carbocycles. The van der Waals surface area contributed by atoms with Crippen molar-refractivity contribution in [2.75, 3.05) is 17.7 Å². The van der Waals surface area contributed by atoms with Crippen LogP contribution in [0.2, 0.25) is 0 Å². The average Bonchev–Trinajstić information content (AvgIpc) is 2.41. The molecule has 0 aliphatic rings. The summed E-state index contributed by atoms with van der Waals surface area (Å²) in [6, 6.07) is 6.27. The van der Waals surface area contributed by atoms with Crippen molar-refractivity contribution in [3.8, 4) is 0 Å². The summed E-state index contributed by atoms with van der Waals surface area (Å²) in [6.45, 7) is 5.92. The number of benzene rings is 1. The molecule has 1 aromatic heterocycles. The molecule has 106 valence electrons. The third kappa shape index (κ3) is 2.71. The van der Waals surface area contributed by atoms with Gasteiger partial charge in [0.05, 0.1) is 0 Å². The van der Waals surface area contributed by atoms with Crippen LogP contribution >= 0.6 is 0 Å². The van der Waals surface area contributed by atoms with Crippen molar-refractivity contribution >= 4 is 17.3 Å². The fraction of sp³-hybridized carbons (Fsp3) is 0.333. The summed E-state index contributed by atoms with van der Waals surface area (Å²) in [6.07, 6.45) is 0. The van der Waals surface area contributed by atoms with Crippen molar-refractivity contribution in [1.29, 1.82) is 0 Å². The van der Waals surface area contributed by atoms with E-state index in [0.717, 1.165) is 17.1 Å². The predicted molar refractivity (Wildman–Crippen MR) is 79.7 cm³/mol. The molecule has 0 fully saturated rings. The van der Waals surface area contributed by atoms with Crippen molar-refractivity contribution in [3.05, 3.63) is 41.5 Å². The molecule has 0 atom stereocenters. The number of aromatic nitrogens is 2. The third-order valence-corrected chi connectivity index (χ3v) is 3.22. The van der Waals surface area contributed by atoms with E-state index in [0.29, 0.717) is 11.6 Å². The van der Waals surface area contributed by atoms with Crippen LogP contribution in [0, 0.1) is 12.7 Å². The lowest BCUT2D eigenvalue weighted by Gasteiger charge is -2.22. The maximum atomic E-state index is 13.0. The van der Waals surface area contributed by atoms with Gasteiger partial charge in [0.25, 0.3) is 0 Å². The summed E-state index contributed by atoms with van der Waals surface area (Å²) in [7, 11) is 1.88. The maximum absolute atomic E-state index is 13.0. The molecular formula is C15H19FN4. The molecule has 2 aromatic rings. The Morgan fingerprint density at radius 3 is 2.30 bits per heavy atom. The SMILES string of the molecule is Cc1c(N)nc(C(C)C)nc1N(C)c1ccc(F)cc1. The van der Waals surface area contributed by atoms with Crippen LogP contribution in [-0.2, 0) is 0 Å². The van der Waals surface area contributed by atoms with Gasteiger partial charge in [0.2, 0.25) is 0 Å². The van der Waals surface area contributed by atoms with E-state index < -0.39 is 0 Å². The molecule has 0 saturated carbocycles. The standard InChI is InChI=1S/C15H19FN4/c1-9(2)14-18-13(17)10(3)15(19-14)20(4)12-7-5-11(16)6-8-12/h5-9H,1-4H3,(H2,17,18,19). The maximum Gasteiger partial charge on any atom is 0.141 e. The predicted octanol–water partition coefficient (Wildman–Crippen LogP) is 3.40. The second kappa shape index (κ2) is 5.45. The highest BCUT2D eigenvalue weighted by Gasteiger charge is 2.15. The van der Waals surface area contributed by atoms with E-state index in [4.69, 9.17) is 5.73 Å².